The lowest BCUT2D eigenvalue weighted by molar-refractivity contribution is 0.117. The van der Waals surface area contributed by atoms with E-state index in [9.17, 15) is 8.42 Å². The minimum atomic E-state index is -2.80. The van der Waals surface area contributed by atoms with Crippen molar-refractivity contribution in [3.8, 4) is 0 Å². The smallest absolute Gasteiger partial charge is 0.154 e. The number of hydrogen-bond acceptors (Lipinski definition) is 4. The predicted octanol–water partition coefficient (Wildman–Crippen LogP) is 0.188. The molecular formula is C9H19NO3S. The van der Waals surface area contributed by atoms with Gasteiger partial charge in [-0.3, -0.25) is 0 Å². The number of ether oxygens (including phenoxy) is 1. The highest BCUT2D eigenvalue weighted by Crippen LogP contribution is 2.18. The van der Waals surface area contributed by atoms with Crippen molar-refractivity contribution in [2.45, 2.75) is 31.1 Å². The normalized spacial score (nSPS) is 27.7. The van der Waals surface area contributed by atoms with Gasteiger partial charge >= 0.3 is 0 Å². The highest BCUT2D eigenvalue weighted by molar-refractivity contribution is 7.92. The zero-order valence-corrected chi connectivity index (χ0v) is 9.64. The first kappa shape index (κ1) is 11.9. The molecule has 2 unspecified atom stereocenters. The van der Waals surface area contributed by atoms with Crippen molar-refractivity contribution < 1.29 is 13.2 Å². The van der Waals surface area contributed by atoms with E-state index in [1.54, 1.807) is 7.11 Å². The van der Waals surface area contributed by atoms with Crippen molar-refractivity contribution in [1.29, 1.82) is 0 Å². The third kappa shape index (κ3) is 3.22. The van der Waals surface area contributed by atoms with Gasteiger partial charge in [0, 0.05) is 20.2 Å². The Kier molecular flexibility index (Phi) is 4.34. The van der Waals surface area contributed by atoms with E-state index in [0.717, 1.165) is 12.8 Å². The van der Waals surface area contributed by atoms with E-state index in [4.69, 9.17) is 4.74 Å². The van der Waals surface area contributed by atoms with E-state index in [1.807, 2.05) is 6.92 Å². The third-order valence-electron chi connectivity index (χ3n) is 2.67. The largest absolute Gasteiger partial charge is 0.380 e. The average Bonchev–Trinajstić information content (AvgIpc) is 2.45. The van der Waals surface area contributed by atoms with Gasteiger partial charge in [0.25, 0.3) is 0 Å². The number of sulfone groups is 1. The zero-order chi connectivity index (χ0) is 10.6. The Bertz CT molecular complexity index is 263. The first-order valence-electron chi connectivity index (χ1n) is 5.01. The van der Waals surface area contributed by atoms with Crippen LogP contribution in [-0.4, -0.2) is 45.7 Å². The molecule has 1 fully saturated rings. The predicted molar refractivity (Wildman–Crippen MR) is 56.1 cm³/mol. The van der Waals surface area contributed by atoms with Crippen LogP contribution in [0.15, 0.2) is 0 Å². The van der Waals surface area contributed by atoms with Gasteiger partial charge in [-0.1, -0.05) is 0 Å². The molecule has 1 saturated heterocycles. The molecule has 1 N–H and O–H groups in total. The van der Waals surface area contributed by atoms with Gasteiger partial charge in [-0.15, -0.1) is 0 Å². The summed E-state index contributed by atoms with van der Waals surface area (Å²) in [5.41, 5.74) is 0. The summed E-state index contributed by atoms with van der Waals surface area (Å²) >= 11 is 0. The Labute approximate surface area is 85.9 Å². The summed E-state index contributed by atoms with van der Waals surface area (Å²) in [5.74, 6) is 0.360. The molecule has 2 atom stereocenters. The first-order valence-corrected chi connectivity index (χ1v) is 6.73. The van der Waals surface area contributed by atoms with E-state index >= 15 is 0 Å². The van der Waals surface area contributed by atoms with Gasteiger partial charge in [0.05, 0.1) is 17.1 Å². The molecule has 0 aromatic rings. The topological polar surface area (TPSA) is 55.4 Å². The van der Waals surface area contributed by atoms with Crippen molar-refractivity contribution in [2.24, 2.45) is 0 Å². The molecule has 0 spiro atoms. The van der Waals surface area contributed by atoms with Gasteiger partial charge in [0.15, 0.2) is 9.84 Å². The van der Waals surface area contributed by atoms with E-state index in [-0.39, 0.29) is 11.4 Å². The lowest BCUT2D eigenvalue weighted by atomic mass is 10.2. The van der Waals surface area contributed by atoms with Crippen LogP contribution >= 0.6 is 0 Å². The van der Waals surface area contributed by atoms with Crippen LogP contribution < -0.4 is 5.32 Å². The number of methoxy groups -OCH3 is 1. The van der Waals surface area contributed by atoms with Gasteiger partial charge < -0.3 is 10.1 Å². The summed E-state index contributed by atoms with van der Waals surface area (Å²) in [7, 11) is -1.14. The molecule has 84 valence electrons. The molecule has 0 aromatic heterocycles. The highest BCUT2D eigenvalue weighted by Gasteiger charge is 2.30. The lowest BCUT2D eigenvalue weighted by Gasteiger charge is -2.13. The van der Waals surface area contributed by atoms with Gasteiger partial charge in [0.2, 0.25) is 0 Å². The van der Waals surface area contributed by atoms with Crippen LogP contribution in [0.25, 0.3) is 0 Å². The minimum Gasteiger partial charge on any atom is -0.380 e. The Morgan fingerprint density at radius 1 is 1.57 bits per heavy atom. The number of hydrogen-bond donors (Lipinski definition) is 1. The molecule has 0 aromatic carbocycles. The summed E-state index contributed by atoms with van der Waals surface area (Å²) in [6.07, 6.45) is 1.75. The summed E-state index contributed by atoms with van der Waals surface area (Å²) in [5, 5.41) is 2.95. The van der Waals surface area contributed by atoms with Crippen LogP contribution in [0.3, 0.4) is 0 Å². The third-order valence-corrected chi connectivity index (χ3v) is 4.94. The molecule has 1 rings (SSSR count). The standard InChI is InChI=1S/C9H19NO3S/c1-8(13-2)6-10-7-9-4-3-5-14(9,11)12/h8-10H,3-7H2,1-2H3. The fraction of sp³-hybridized carbons (Fsp3) is 1.00. The number of nitrogens with one attached hydrogen (secondary N) is 1. The van der Waals surface area contributed by atoms with E-state index in [2.05, 4.69) is 5.32 Å². The molecule has 1 aliphatic rings. The Hall–Kier alpha value is -0.130. The molecule has 0 bridgehead atoms. The van der Waals surface area contributed by atoms with Crippen LogP contribution in [0, 0.1) is 0 Å². The molecule has 0 amide bonds. The molecule has 14 heavy (non-hydrogen) atoms. The number of rotatable bonds is 5. The second-order valence-electron chi connectivity index (χ2n) is 3.84. The zero-order valence-electron chi connectivity index (χ0n) is 8.82. The maximum Gasteiger partial charge on any atom is 0.154 e. The van der Waals surface area contributed by atoms with Crippen LogP contribution in [0.2, 0.25) is 0 Å². The molecule has 5 heteroatoms. The van der Waals surface area contributed by atoms with Crippen molar-refractivity contribution in [1.82, 2.24) is 5.32 Å². The molecular weight excluding hydrogens is 202 g/mol. The molecule has 0 saturated carbocycles. The van der Waals surface area contributed by atoms with Crippen molar-refractivity contribution >= 4 is 9.84 Å². The maximum atomic E-state index is 11.4. The quantitative estimate of drug-likeness (QED) is 0.720. The second kappa shape index (κ2) is 5.09. The Morgan fingerprint density at radius 2 is 2.29 bits per heavy atom. The van der Waals surface area contributed by atoms with E-state index in [0.29, 0.717) is 18.8 Å². The Balaban J connectivity index is 2.25. The Morgan fingerprint density at radius 3 is 2.79 bits per heavy atom. The van der Waals surface area contributed by atoms with E-state index < -0.39 is 9.84 Å². The summed E-state index contributed by atoms with van der Waals surface area (Å²) in [6, 6.07) is 0. The molecule has 1 heterocycles. The summed E-state index contributed by atoms with van der Waals surface area (Å²) in [6.45, 7) is 3.23. The fourth-order valence-corrected chi connectivity index (χ4v) is 3.42. The van der Waals surface area contributed by atoms with Crippen LogP contribution in [-0.2, 0) is 14.6 Å². The summed E-state index contributed by atoms with van der Waals surface area (Å²) in [4.78, 5) is 0. The van der Waals surface area contributed by atoms with Gasteiger partial charge in [-0.2, -0.15) is 0 Å². The van der Waals surface area contributed by atoms with Crippen LogP contribution in [0.5, 0.6) is 0 Å². The SMILES string of the molecule is COC(C)CNCC1CCCS1(=O)=O. The molecule has 4 nitrogen and oxygen atoms in total. The highest BCUT2D eigenvalue weighted by atomic mass is 32.2. The average molecular weight is 221 g/mol. The molecule has 0 aliphatic carbocycles. The maximum absolute atomic E-state index is 11.4. The van der Waals surface area contributed by atoms with Gasteiger partial charge in [-0.05, 0) is 19.8 Å². The minimum absolute atomic E-state index is 0.138. The van der Waals surface area contributed by atoms with Crippen LogP contribution in [0.4, 0.5) is 0 Å². The van der Waals surface area contributed by atoms with Gasteiger partial charge in [-0.25, -0.2) is 8.42 Å². The van der Waals surface area contributed by atoms with E-state index in [1.165, 1.54) is 0 Å². The van der Waals surface area contributed by atoms with Gasteiger partial charge in [0.1, 0.15) is 0 Å². The summed E-state index contributed by atoms with van der Waals surface area (Å²) < 4.78 is 27.9. The molecule has 1 aliphatic heterocycles. The van der Waals surface area contributed by atoms with Crippen LogP contribution in [0.1, 0.15) is 19.8 Å². The first-order chi connectivity index (χ1) is 6.56. The lowest BCUT2D eigenvalue weighted by Crippen LogP contribution is -2.34. The van der Waals surface area contributed by atoms with Crippen molar-refractivity contribution in [3.05, 3.63) is 0 Å². The second-order valence-corrected chi connectivity index (χ2v) is 6.24. The monoisotopic (exact) mass is 221 g/mol. The fourth-order valence-electron chi connectivity index (χ4n) is 1.62. The van der Waals surface area contributed by atoms with Crippen molar-refractivity contribution in [2.75, 3.05) is 26.0 Å². The van der Waals surface area contributed by atoms with Crippen molar-refractivity contribution in [3.63, 3.8) is 0 Å². The molecule has 0 radical (unpaired) electrons.